The van der Waals surface area contributed by atoms with Crippen LogP contribution in [0.15, 0.2) is 18.3 Å². The van der Waals surface area contributed by atoms with Gasteiger partial charge in [0.2, 0.25) is 5.91 Å². The van der Waals surface area contributed by atoms with E-state index in [1.54, 1.807) is 12.3 Å². The normalized spacial score (nSPS) is 13.3. The largest absolute Gasteiger partial charge is 0.379 e. The molecule has 3 amide bonds. The first-order valence-corrected chi connectivity index (χ1v) is 9.67. The number of aryl methyl sites for hydroxylation is 1. The van der Waals surface area contributed by atoms with Crippen molar-refractivity contribution in [2.75, 3.05) is 30.4 Å². The molecule has 9 heteroatoms. The molecule has 0 bridgehead atoms. The maximum atomic E-state index is 12.0. The van der Waals surface area contributed by atoms with Crippen LogP contribution in [0.3, 0.4) is 0 Å². The van der Waals surface area contributed by atoms with Crippen molar-refractivity contribution in [2.45, 2.75) is 26.7 Å². The van der Waals surface area contributed by atoms with Gasteiger partial charge in [-0.2, -0.15) is 0 Å². The number of nitrogens with zero attached hydrogens (tertiary/aromatic N) is 2. The third kappa shape index (κ3) is 6.00. The second kappa shape index (κ2) is 8.92. The molecule has 0 unspecified atom stereocenters. The van der Waals surface area contributed by atoms with Crippen LogP contribution >= 0.6 is 11.3 Å². The fraction of sp³-hybridized carbons (Fsp3) is 0.444. The molecule has 3 rings (SSSR count). The molecule has 1 fully saturated rings. The summed E-state index contributed by atoms with van der Waals surface area (Å²) < 4.78 is 5.48. The molecule has 2 aromatic heterocycles. The molecule has 0 aromatic carbocycles. The first-order valence-electron chi connectivity index (χ1n) is 8.85. The Bertz CT molecular complexity index is 802. The molecule has 0 aliphatic heterocycles. The second-order valence-corrected chi connectivity index (χ2v) is 7.45. The number of pyridine rings is 1. The van der Waals surface area contributed by atoms with Gasteiger partial charge in [-0.3, -0.25) is 10.1 Å². The van der Waals surface area contributed by atoms with Gasteiger partial charge in [-0.1, -0.05) is 11.3 Å². The lowest BCUT2D eigenvalue weighted by Gasteiger charge is -2.06. The Labute approximate surface area is 161 Å². The summed E-state index contributed by atoms with van der Waals surface area (Å²) in [5, 5.41) is 8.65. The Balaban J connectivity index is 1.50. The van der Waals surface area contributed by atoms with Gasteiger partial charge >= 0.3 is 6.03 Å². The van der Waals surface area contributed by atoms with E-state index in [0.717, 1.165) is 28.7 Å². The monoisotopic (exact) mass is 389 g/mol. The summed E-state index contributed by atoms with van der Waals surface area (Å²) in [6, 6.07) is 3.29. The highest BCUT2D eigenvalue weighted by Crippen LogP contribution is 2.32. The van der Waals surface area contributed by atoms with Gasteiger partial charge in [0.15, 0.2) is 5.13 Å². The summed E-state index contributed by atoms with van der Waals surface area (Å²) in [6.45, 7) is 5.07. The average Bonchev–Trinajstić information content (AvgIpc) is 3.37. The maximum Gasteiger partial charge on any atom is 0.321 e. The number of anilines is 2. The van der Waals surface area contributed by atoms with Gasteiger partial charge in [0.25, 0.3) is 0 Å². The quantitative estimate of drug-likeness (QED) is 0.602. The number of ether oxygens (including phenoxy) is 1. The van der Waals surface area contributed by atoms with Crippen molar-refractivity contribution in [2.24, 2.45) is 5.92 Å². The molecule has 0 atom stereocenters. The summed E-state index contributed by atoms with van der Waals surface area (Å²) in [4.78, 5) is 32.5. The number of nitrogens with one attached hydrogen (secondary N) is 3. The number of urea groups is 1. The van der Waals surface area contributed by atoms with E-state index in [4.69, 9.17) is 4.74 Å². The highest BCUT2D eigenvalue weighted by molar-refractivity contribution is 7.19. The van der Waals surface area contributed by atoms with E-state index in [1.807, 2.05) is 13.0 Å². The van der Waals surface area contributed by atoms with Crippen LogP contribution in [0.5, 0.6) is 0 Å². The molecular weight excluding hydrogens is 366 g/mol. The third-order valence-electron chi connectivity index (χ3n) is 3.93. The molecule has 1 saturated carbocycles. The molecule has 27 heavy (non-hydrogen) atoms. The first kappa shape index (κ1) is 19.2. The van der Waals surface area contributed by atoms with E-state index in [9.17, 15) is 9.59 Å². The van der Waals surface area contributed by atoms with Gasteiger partial charge < -0.3 is 15.4 Å². The van der Waals surface area contributed by atoms with Gasteiger partial charge in [-0.05, 0) is 37.8 Å². The summed E-state index contributed by atoms with van der Waals surface area (Å²) >= 11 is 1.37. The Kier molecular flexibility index (Phi) is 6.36. The SMILES string of the molecule is CC(=O)Nc1ccc(-c2sc(NC(=O)NCCOCC3CC3)nc2C)cn1. The number of hydrogen-bond acceptors (Lipinski definition) is 6. The van der Waals surface area contributed by atoms with Crippen LogP contribution in [-0.4, -0.2) is 41.7 Å². The van der Waals surface area contributed by atoms with Crippen LogP contribution in [0.4, 0.5) is 15.7 Å². The number of hydrogen-bond donors (Lipinski definition) is 3. The van der Waals surface area contributed by atoms with Gasteiger partial charge in [-0.25, -0.2) is 14.8 Å². The van der Waals surface area contributed by atoms with Gasteiger partial charge in [-0.15, -0.1) is 0 Å². The summed E-state index contributed by atoms with van der Waals surface area (Å²) in [5.74, 6) is 1.05. The van der Waals surface area contributed by atoms with E-state index in [1.165, 1.54) is 31.1 Å². The van der Waals surface area contributed by atoms with E-state index < -0.39 is 0 Å². The Morgan fingerprint density at radius 1 is 1.30 bits per heavy atom. The van der Waals surface area contributed by atoms with Gasteiger partial charge in [0, 0.05) is 31.8 Å². The molecule has 0 spiro atoms. The highest BCUT2D eigenvalue weighted by Gasteiger charge is 2.20. The molecule has 0 radical (unpaired) electrons. The Hall–Kier alpha value is -2.52. The van der Waals surface area contributed by atoms with Crippen molar-refractivity contribution < 1.29 is 14.3 Å². The first-order chi connectivity index (χ1) is 13.0. The minimum atomic E-state index is -0.301. The lowest BCUT2D eigenvalue weighted by atomic mass is 10.2. The standard InChI is InChI=1S/C18H23N5O3S/c1-11-16(14-5-6-15(20-9-14)22-12(2)24)27-18(21-11)23-17(25)19-7-8-26-10-13-3-4-13/h5-6,9,13H,3-4,7-8,10H2,1-2H3,(H,20,22,24)(H2,19,21,23,25). The van der Waals surface area contributed by atoms with Crippen LogP contribution < -0.4 is 16.0 Å². The molecule has 144 valence electrons. The van der Waals surface area contributed by atoms with Crippen molar-refractivity contribution in [1.29, 1.82) is 0 Å². The lowest BCUT2D eigenvalue weighted by Crippen LogP contribution is -2.31. The molecule has 0 saturated heterocycles. The average molecular weight is 389 g/mol. The number of rotatable bonds is 8. The van der Waals surface area contributed by atoms with Crippen molar-refractivity contribution in [3.05, 3.63) is 24.0 Å². The van der Waals surface area contributed by atoms with Crippen LogP contribution in [0.2, 0.25) is 0 Å². The van der Waals surface area contributed by atoms with Crippen molar-refractivity contribution >= 4 is 34.2 Å². The number of carbonyl (C=O) groups excluding carboxylic acids is 2. The smallest absolute Gasteiger partial charge is 0.321 e. The Morgan fingerprint density at radius 3 is 2.78 bits per heavy atom. The van der Waals surface area contributed by atoms with E-state index in [2.05, 4.69) is 25.9 Å². The van der Waals surface area contributed by atoms with Gasteiger partial charge in [0.1, 0.15) is 5.82 Å². The van der Waals surface area contributed by atoms with Crippen LogP contribution in [-0.2, 0) is 9.53 Å². The summed E-state index contributed by atoms with van der Waals surface area (Å²) in [5.41, 5.74) is 1.68. The van der Waals surface area contributed by atoms with Crippen LogP contribution in [0.1, 0.15) is 25.5 Å². The molecular formula is C18H23N5O3S. The molecule has 2 heterocycles. The molecule has 8 nitrogen and oxygen atoms in total. The van der Waals surface area contributed by atoms with Crippen molar-refractivity contribution in [3.8, 4) is 10.4 Å². The van der Waals surface area contributed by atoms with Crippen LogP contribution in [0, 0.1) is 12.8 Å². The number of thiazole rings is 1. The zero-order chi connectivity index (χ0) is 19.2. The fourth-order valence-corrected chi connectivity index (χ4v) is 3.36. The van der Waals surface area contributed by atoms with Crippen molar-refractivity contribution in [1.82, 2.24) is 15.3 Å². The minimum absolute atomic E-state index is 0.167. The predicted octanol–water partition coefficient (Wildman–Crippen LogP) is 3.02. The highest BCUT2D eigenvalue weighted by atomic mass is 32.1. The van der Waals surface area contributed by atoms with Gasteiger partial charge in [0.05, 0.1) is 17.2 Å². The number of amides is 3. The van der Waals surface area contributed by atoms with Crippen molar-refractivity contribution in [3.63, 3.8) is 0 Å². The minimum Gasteiger partial charge on any atom is -0.379 e. The second-order valence-electron chi connectivity index (χ2n) is 6.45. The van der Waals surface area contributed by atoms with E-state index in [0.29, 0.717) is 24.1 Å². The zero-order valence-electron chi connectivity index (χ0n) is 15.4. The zero-order valence-corrected chi connectivity index (χ0v) is 16.2. The van der Waals surface area contributed by atoms with E-state index >= 15 is 0 Å². The fourth-order valence-electron chi connectivity index (χ4n) is 2.41. The molecule has 2 aromatic rings. The predicted molar refractivity (Wildman–Crippen MR) is 105 cm³/mol. The molecule has 1 aliphatic rings. The summed E-state index contributed by atoms with van der Waals surface area (Å²) in [6.07, 6.45) is 4.18. The topological polar surface area (TPSA) is 105 Å². The Morgan fingerprint density at radius 2 is 2.11 bits per heavy atom. The van der Waals surface area contributed by atoms with Crippen LogP contribution in [0.25, 0.3) is 10.4 Å². The number of aromatic nitrogens is 2. The van der Waals surface area contributed by atoms with E-state index in [-0.39, 0.29) is 11.9 Å². The summed E-state index contributed by atoms with van der Waals surface area (Å²) in [7, 11) is 0. The molecule has 3 N–H and O–H groups in total. The maximum absolute atomic E-state index is 12.0. The molecule has 1 aliphatic carbocycles. The third-order valence-corrected chi connectivity index (χ3v) is 5.05. The number of carbonyl (C=O) groups is 2. The lowest BCUT2D eigenvalue weighted by molar-refractivity contribution is -0.114.